The van der Waals surface area contributed by atoms with Crippen molar-refractivity contribution in [2.75, 3.05) is 0 Å². The van der Waals surface area contributed by atoms with Gasteiger partial charge >= 0.3 is 0 Å². The topological polar surface area (TPSA) is 64.8 Å². The normalized spacial score (nSPS) is 13.6. The van der Waals surface area contributed by atoms with Crippen molar-refractivity contribution in [3.63, 3.8) is 0 Å². The van der Waals surface area contributed by atoms with E-state index in [0.717, 1.165) is 10.7 Å². The molecule has 0 N–H and O–H groups in total. The molecular formula is C12H17N3O2S2. The third kappa shape index (κ3) is 2.87. The van der Waals surface area contributed by atoms with Crippen molar-refractivity contribution in [2.24, 2.45) is 0 Å². The van der Waals surface area contributed by atoms with Gasteiger partial charge in [0, 0.05) is 11.4 Å². The van der Waals surface area contributed by atoms with Crippen LogP contribution < -0.4 is 0 Å². The number of aromatic nitrogens is 3. The fourth-order valence-electron chi connectivity index (χ4n) is 1.95. The number of hydrogen-bond acceptors (Lipinski definition) is 5. The van der Waals surface area contributed by atoms with Gasteiger partial charge in [0.05, 0.1) is 5.25 Å². The van der Waals surface area contributed by atoms with Crippen molar-refractivity contribution < 1.29 is 8.42 Å². The fourth-order valence-corrected chi connectivity index (χ4v) is 4.47. The lowest BCUT2D eigenvalue weighted by Crippen LogP contribution is -2.15. The van der Waals surface area contributed by atoms with Gasteiger partial charge in [0.1, 0.15) is 17.4 Å². The number of nitrogens with zero attached hydrogens (tertiary/aromatic N) is 3. The van der Waals surface area contributed by atoms with Crippen molar-refractivity contribution >= 4 is 21.2 Å². The molecule has 0 aliphatic heterocycles. The van der Waals surface area contributed by atoms with Crippen LogP contribution in [0.3, 0.4) is 0 Å². The first-order valence-electron chi connectivity index (χ1n) is 6.09. The molecule has 0 aliphatic rings. The second-order valence-electron chi connectivity index (χ2n) is 4.37. The molecule has 1 atom stereocenters. The zero-order valence-corrected chi connectivity index (χ0v) is 12.8. The monoisotopic (exact) mass is 299 g/mol. The maximum atomic E-state index is 12.4. The lowest BCUT2D eigenvalue weighted by Gasteiger charge is -2.11. The average Bonchev–Trinajstić information content (AvgIpc) is 2.98. The minimum Gasteiger partial charge on any atom is -0.315 e. The predicted octanol–water partition coefficient (Wildman–Crippen LogP) is 2.34. The van der Waals surface area contributed by atoms with E-state index >= 15 is 0 Å². The molecule has 104 valence electrons. The van der Waals surface area contributed by atoms with E-state index in [9.17, 15) is 8.42 Å². The van der Waals surface area contributed by atoms with Gasteiger partial charge in [-0.1, -0.05) is 6.07 Å². The lowest BCUT2D eigenvalue weighted by atomic mass is 10.4. The minimum atomic E-state index is -3.27. The van der Waals surface area contributed by atoms with E-state index in [-0.39, 0.29) is 5.75 Å². The average molecular weight is 299 g/mol. The standard InChI is InChI=1S/C12H17N3O2S2/c1-4-15-10(3)13-14-12(15)8-19(16,17)9(2)11-6-5-7-18-11/h5-7,9H,4,8H2,1-3H3/t9-/m1/s1. The molecule has 7 heteroatoms. The first-order chi connectivity index (χ1) is 8.95. The first-order valence-corrected chi connectivity index (χ1v) is 8.69. The van der Waals surface area contributed by atoms with E-state index in [1.807, 2.05) is 35.9 Å². The Morgan fingerprint density at radius 3 is 2.74 bits per heavy atom. The number of aryl methyl sites for hydroxylation is 1. The Morgan fingerprint density at radius 1 is 1.42 bits per heavy atom. The Morgan fingerprint density at radius 2 is 2.16 bits per heavy atom. The van der Waals surface area contributed by atoms with E-state index in [2.05, 4.69) is 10.2 Å². The molecular weight excluding hydrogens is 282 g/mol. The molecule has 2 heterocycles. The maximum absolute atomic E-state index is 12.4. The molecule has 0 amide bonds. The van der Waals surface area contributed by atoms with Crippen LogP contribution in [-0.2, 0) is 22.1 Å². The quantitative estimate of drug-likeness (QED) is 0.850. The van der Waals surface area contributed by atoms with Crippen molar-refractivity contribution in [2.45, 2.75) is 38.3 Å². The van der Waals surface area contributed by atoms with E-state index in [1.165, 1.54) is 11.3 Å². The molecule has 0 unspecified atom stereocenters. The summed E-state index contributed by atoms with van der Waals surface area (Å²) in [6.07, 6.45) is 0. The lowest BCUT2D eigenvalue weighted by molar-refractivity contribution is 0.581. The molecule has 0 spiro atoms. The Balaban J connectivity index is 2.26. The number of sulfone groups is 1. The predicted molar refractivity (Wildman–Crippen MR) is 75.8 cm³/mol. The molecule has 0 aliphatic carbocycles. The Bertz CT molecular complexity index is 645. The molecule has 2 rings (SSSR count). The van der Waals surface area contributed by atoms with Crippen molar-refractivity contribution in [3.05, 3.63) is 34.0 Å². The molecule has 2 aromatic rings. The van der Waals surface area contributed by atoms with Gasteiger partial charge in [-0.25, -0.2) is 8.42 Å². The van der Waals surface area contributed by atoms with Crippen molar-refractivity contribution in [1.82, 2.24) is 14.8 Å². The molecule has 5 nitrogen and oxygen atoms in total. The smallest absolute Gasteiger partial charge is 0.165 e. The largest absolute Gasteiger partial charge is 0.315 e. The van der Waals surface area contributed by atoms with Crippen LogP contribution in [0.1, 0.15) is 35.6 Å². The summed E-state index contributed by atoms with van der Waals surface area (Å²) >= 11 is 1.46. The Labute approximate surface area is 117 Å². The highest BCUT2D eigenvalue weighted by atomic mass is 32.2. The summed E-state index contributed by atoms with van der Waals surface area (Å²) in [5.41, 5.74) is 0. The maximum Gasteiger partial charge on any atom is 0.165 e. The van der Waals surface area contributed by atoms with E-state index in [0.29, 0.717) is 12.4 Å². The van der Waals surface area contributed by atoms with Crippen LogP contribution in [0.15, 0.2) is 17.5 Å². The molecule has 0 radical (unpaired) electrons. The zero-order chi connectivity index (χ0) is 14.0. The first kappa shape index (κ1) is 14.2. The molecule has 0 saturated heterocycles. The van der Waals surface area contributed by atoms with Gasteiger partial charge in [-0.3, -0.25) is 0 Å². The summed E-state index contributed by atoms with van der Waals surface area (Å²) in [5, 5.41) is 9.30. The van der Waals surface area contributed by atoms with Crippen LogP contribution in [0.4, 0.5) is 0 Å². The van der Waals surface area contributed by atoms with Crippen LogP contribution in [-0.4, -0.2) is 23.2 Å². The van der Waals surface area contributed by atoms with E-state index in [4.69, 9.17) is 0 Å². The van der Waals surface area contributed by atoms with Crippen molar-refractivity contribution in [3.8, 4) is 0 Å². The van der Waals surface area contributed by atoms with E-state index in [1.54, 1.807) is 6.92 Å². The summed E-state index contributed by atoms with van der Waals surface area (Å²) in [7, 11) is -3.27. The van der Waals surface area contributed by atoms with Crippen LogP contribution >= 0.6 is 11.3 Å². The third-order valence-electron chi connectivity index (χ3n) is 3.14. The molecule has 0 fully saturated rings. The highest BCUT2D eigenvalue weighted by Crippen LogP contribution is 2.28. The molecule has 0 bridgehead atoms. The van der Waals surface area contributed by atoms with Gasteiger partial charge in [0.15, 0.2) is 9.84 Å². The fraction of sp³-hybridized carbons (Fsp3) is 0.500. The van der Waals surface area contributed by atoms with Gasteiger partial charge < -0.3 is 4.57 Å². The van der Waals surface area contributed by atoms with E-state index < -0.39 is 15.1 Å². The van der Waals surface area contributed by atoms with Gasteiger partial charge in [0.25, 0.3) is 0 Å². The summed E-state index contributed by atoms with van der Waals surface area (Å²) in [4.78, 5) is 0.860. The SMILES string of the molecule is CCn1c(C)nnc1CS(=O)(=O)[C@H](C)c1cccs1. The molecule has 0 saturated carbocycles. The number of rotatable bonds is 5. The Hall–Kier alpha value is -1.21. The second kappa shape index (κ2) is 5.42. The molecule has 2 aromatic heterocycles. The van der Waals surface area contributed by atoms with Gasteiger partial charge in [-0.2, -0.15) is 0 Å². The molecule has 19 heavy (non-hydrogen) atoms. The summed E-state index contributed by atoms with van der Waals surface area (Å²) in [6.45, 7) is 6.18. The minimum absolute atomic E-state index is 0.0687. The number of thiophene rings is 1. The summed E-state index contributed by atoms with van der Waals surface area (Å²) in [6, 6.07) is 3.72. The van der Waals surface area contributed by atoms with Crippen LogP contribution in [0.25, 0.3) is 0 Å². The summed E-state index contributed by atoms with van der Waals surface area (Å²) in [5.74, 6) is 1.20. The molecule has 0 aromatic carbocycles. The van der Waals surface area contributed by atoms with Gasteiger partial charge in [-0.15, -0.1) is 21.5 Å². The van der Waals surface area contributed by atoms with Crippen LogP contribution in [0.2, 0.25) is 0 Å². The highest BCUT2D eigenvalue weighted by molar-refractivity contribution is 7.91. The van der Waals surface area contributed by atoms with Gasteiger partial charge in [-0.05, 0) is 32.2 Å². The second-order valence-corrected chi connectivity index (χ2v) is 7.67. The number of hydrogen-bond donors (Lipinski definition) is 0. The highest BCUT2D eigenvalue weighted by Gasteiger charge is 2.26. The van der Waals surface area contributed by atoms with Crippen molar-refractivity contribution in [1.29, 1.82) is 0 Å². The van der Waals surface area contributed by atoms with Crippen LogP contribution in [0, 0.1) is 6.92 Å². The van der Waals surface area contributed by atoms with Crippen LogP contribution in [0.5, 0.6) is 0 Å². The summed E-state index contributed by atoms with van der Waals surface area (Å²) < 4.78 is 26.6. The third-order valence-corrected chi connectivity index (χ3v) is 6.34. The van der Waals surface area contributed by atoms with Gasteiger partial charge in [0.2, 0.25) is 0 Å². The zero-order valence-electron chi connectivity index (χ0n) is 11.2. The Kier molecular flexibility index (Phi) is 4.05.